The van der Waals surface area contributed by atoms with E-state index in [1.165, 1.54) is 0 Å². The van der Waals surface area contributed by atoms with E-state index in [0.29, 0.717) is 25.6 Å². The molecular weight excluding hydrogens is 332 g/mol. The van der Waals surface area contributed by atoms with Gasteiger partial charge >= 0.3 is 0 Å². The molecule has 0 N–H and O–H groups in total. The number of anilines is 1. The minimum absolute atomic E-state index is 0.252. The maximum absolute atomic E-state index is 13.1. The maximum atomic E-state index is 13.1. The van der Waals surface area contributed by atoms with Gasteiger partial charge in [-0.25, -0.2) is 0 Å². The molecule has 1 amide bonds. The lowest BCUT2D eigenvalue weighted by Crippen LogP contribution is -2.51. The molecule has 0 saturated carbocycles. The van der Waals surface area contributed by atoms with Gasteiger partial charge in [0.25, 0.3) is 0 Å². The van der Waals surface area contributed by atoms with E-state index in [1.807, 2.05) is 35.2 Å². The monoisotopic (exact) mass is 356 g/mol. The molecule has 2 fully saturated rings. The van der Waals surface area contributed by atoms with Crippen LogP contribution in [0.25, 0.3) is 5.69 Å². The Bertz CT molecular complexity index is 764. The molecule has 1 atom stereocenters. The van der Waals surface area contributed by atoms with Crippen LogP contribution in [0.15, 0.2) is 30.3 Å². The standard InChI is InChI=1S/C18H24N6O2/c1-26-13-12-22-10-5-8-18(16(22)25)9-11-23(14-18)17-19-20-21-24(17)15-6-3-2-4-7-15/h2-4,6-7H,5,8-14H2,1H3/t18-/m0/s1. The van der Waals surface area contributed by atoms with Gasteiger partial charge in [-0.05, 0) is 41.8 Å². The Labute approximate surface area is 152 Å². The number of ether oxygens (including phenoxy) is 1. The number of amides is 1. The first-order chi connectivity index (χ1) is 12.7. The largest absolute Gasteiger partial charge is 0.383 e. The minimum Gasteiger partial charge on any atom is -0.383 e. The van der Waals surface area contributed by atoms with Gasteiger partial charge in [0.05, 0.1) is 17.7 Å². The predicted molar refractivity (Wildman–Crippen MR) is 96.1 cm³/mol. The summed E-state index contributed by atoms with van der Waals surface area (Å²) in [6, 6.07) is 9.84. The molecule has 138 valence electrons. The van der Waals surface area contributed by atoms with Crippen LogP contribution in [0.5, 0.6) is 0 Å². The van der Waals surface area contributed by atoms with Crippen molar-refractivity contribution in [3.05, 3.63) is 30.3 Å². The fourth-order valence-electron chi connectivity index (χ4n) is 4.10. The highest BCUT2D eigenvalue weighted by Crippen LogP contribution is 2.41. The first kappa shape index (κ1) is 17.0. The lowest BCUT2D eigenvalue weighted by molar-refractivity contribution is -0.145. The first-order valence-corrected chi connectivity index (χ1v) is 9.11. The van der Waals surface area contributed by atoms with Gasteiger partial charge in [0.15, 0.2) is 0 Å². The molecule has 2 aromatic rings. The molecule has 1 aromatic carbocycles. The van der Waals surface area contributed by atoms with Crippen LogP contribution >= 0.6 is 0 Å². The van der Waals surface area contributed by atoms with E-state index >= 15 is 0 Å². The Morgan fingerprint density at radius 3 is 2.85 bits per heavy atom. The molecule has 8 nitrogen and oxygen atoms in total. The number of hydrogen-bond donors (Lipinski definition) is 0. The first-order valence-electron chi connectivity index (χ1n) is 9.11. The number of aromatic nitrogens is 4. The number of rotatable bonds is 5. The third kappa shape index (κ3) is 2.94. The summed E-state index contributed by atoms with van der Waals surface area (Å²) in [5.74, 6) is 0.955. The fraction of sp³-hybridized carbons (Fsp3) is 0.556. The molecule has 1 aromatic heterocycles. The SMILES string of the molecule is COCCN1CCC[C@@]2(CCN(c3nnnn3-c3ccccc3)C2)C1=O. The van der Waals surface area contributed by atoms with Gasteiger partial charge in [-0.15, -0.1) is 0 Å². The number of carbonyl (C=O) groups excluding carboxylic acids is 1. The van der Waals surface area contributed by atoms with Gasteiger partial charge in [-0.2, -0.15) is 4.68 Å². The van der Waals surface area contributed by atoms with Gasteiger partial charge in [0.2, 0.25) is 11.9 Å². The molecule has 0 aliphatic carbocycles. The molecule has 1 spiro atoms. The highest BCUT2D eigenvalue weighted by molar-refractivity contribution is 5.85. The van der Waals surface area contributed by atoms with E-state index in [0.717, 1.165) is 38.0 Å². The van der Waals surface area contributed by atoms with Crippen molar-refractivity contribution in [3.63, 3.8) is 0 Å². The Morgan fingerprint density at radius 2 is 2.04 bits per heavy atom. The molecule has 26 heavy (non-hydrogen) atoms. The number of hydrogen-bond acceptors (Lipinski definition) is 6. The zero-order valence-corrected chi connectivity index (χ0v) is 15.0. The molecule has 2 saturated heterocycles. The van der Waals surface area contributed by atoms with Crippen molar-refractivity contribution in [2.24, 2.45) is 5.41 Å². The smallest absolute Gasteiger partial charge is 0.250 e. The minimum atomic E-state index is -0.320. The van der Waals surface area contributed by atoms with Crippen molar-refractivity contribution >= 4 is 11.9 Å². The summed E-state index contributed by atoms with van der Waals surface area (Å²) in [6.07, 6.45) is 2.81. The van der Waals surface area contributed by atoms with Gasteiger partial charge in [-0.3, -0.25) is 4.79 Å². The average molecular weight is 356 g/mol. The van der Waals surface area contributed by atoms with E-state index in [1.54, 1.807) is 11.8 Å². The third-order valence-corrected chi connectivity index (χ3v) is 5.48. The van der Waals surface area contributed by atoms with Gasteiger partial charge in [-0.1, -0.05) is 23.3 Å². The number of tetrazole rings is 1. The molecule has 2 aliphatic heterocycles. The zero-order valence-electron chi connectivity index (χ0n) is 15.0. The van der Waals surface area contributed by atoms with Gasteiger partial charge < -0.3 is 14.5 Å². The van der Waals surface area contributed by atoms with E-state index in [9.17, 15) is 4.79 Å². The number of nitrogens with zero attached hydrogens (tertiary/aromatic N) is 6. The Morgan fingerprint density at radius 1 is 1.19 bits per heavy atom. The van der Waals surface area contributed by atoms with Crippen LogP contribution in [0.2, 0.25) is 0 Å². The van der Waals surface area contributed by atoms with E-state index in [-0.39, 0.29) is 11.3 Å². The van der Waals surface area contributed by atoms with Crippen LogP contribution in [0, 0.1) is 5.41 Å². The highest BCUT2D eigenvalue weighted by Gasteiger charge is 2.49. The Balaban J connectivity index is 1.54. The average Bonchev–Trinajstić information content (AvgIpc) is 3.32. The van der Waals surface area contributed by atoms with Crippen LogP contribution in [0.3, 0.4) is 0 Å². The van der Waals surface area contributed by atoms with Crippen molar-refractivity contribution in [3.8, 4) is 5.69 Å². The molecule has 0 unspecified atom stereocenters. The summed E-state index contributed by atoms with van der Waals surface area (Å²) in [6.45, 7) is 3.53. The van der Waals surface area contributed by atoms with Crippen molar-refractivity contribution in [2.75, 3.05) is 44.8 Å². The van der Waals surface area contributed by atoms with Crippen LogP contribution < -0.4 is 4.90 Å². The number of carbonyl (C=O) groups is 1. The van der Waals surface area contributed by atoms with E-state index in [4.69, 9.17) is 4.74 Å². The summed E-state index contributed by atoms with van der Waals surface area (Å²) in [4.78, 5) is 17.2. The second-order valence-electron chi connectivity index (χ2n) is 7.07. The molecule has 3 heterocycles. The molecule has 2 aliphatic rings. The molecular formula is C18H24N6O2. The summed E-state index contributed by atoms with van der Waals surface area (Å²) < 4.78 is 6.90. The topological polar surface area (TPSA) is 76.4 Å². The summed E-state index contributed by atoms with van der Waals surface area (Å²) >= 11 is 0. The van der Waals surface area contributed by atoms with Crippen molar-refractivity contribution in [1.82, 2.24) is 25.1 Å². The molecule has 0 bridgehead atoms. The third-order valence-electron chi connectivity index (χ3n) is 5.48. The predicted octanol–water partition coefficient (Wildman–Crippen LogP) is 1.13. The van der Waals surface area contributed by atoms with Crippen molar-refractivity contribution in [2.45, 2.75) is 19.3 Å². The molecule has 8 heteroatoms. The second-order valence-corrected chi connectivity index (χ2v) is 7.07. The summed E-state index contributed by atoms with van der Waals surface area (Å²) in [5.41, 5.74) is 0.601. The van der Waals surface area contributed by atoms with Crippen molar-refractivity contribution in [1.29, 1.82) is 0 Å². The number of likely N-dealkylation sites (tertiary alicyclic amines) is 1. The Hall–Kier alpha value is -2.48. The second kappa shape index (κ2) is 7.03. The van der Waals surface area contributed by atoms with E-state index < -0.39 is 0 Å². The molecule has 0 radical (unpaired) electrons. The Kier molecular flexibility index (Phi) is 4.58. The highest BCUT2D eigenvalue weighted by atomic mass is 16.5. The van der Waals surface area contributed by atoms with E-state index in [2.05, 4.69) is 20.4 Å². The van der Waals surface area contributed by atoms with Crippen LogP contribution in [-0.2, 0) is 9.53 Å². The number of piperidine rings is 1. The maximum Gasteiger partial charge on any atom is 0.250 e. The van der Waals surface area contributed by atoms with Crippen LogP contribution in [0.1, 0.15) is 19.3 Å². The summed E-state index contributed by atoms with van der Waals surface area (Å²) in [7, 11) is 1.67. The number of benzene rings is 1. The fourth-order valence-corrected chi connectivity index (χ4v) is 4.10. The molecule has 4 rings (SSSR count). The lowest BCUT2D eigenvalue weighted by atomic mass is 9.78. The van der Waals surface area contributed by atoms with Crippen molar-refractivity contribution < 1.29 is 9.53 Å². The van der Waals surface area contributed by atoms with Crippen LogP contribution in [0.4, 0.5) is 5.95 Å². The van der Waals surface area contributed by atoms with Gasteiger partial charge in [0.1, 0.15) is 0 Å². The summed E-state index contributed by atoms with van der Waals surface area (Å²) in [5, 5.41) is 12.2. The quantitative estimate of drug-likeness (QED) is 0.799. The lowest BCUT2D eigenvalue weighted by Gasteiger charge is -2.39. The number of methoxy groups -OCH3 is 1. The zero-order chi connectivity index (χ0) is 18.0. The number of para-hydroxylation sites is 1. The normalized spacial score (nSPS) is 23.2. The van der Waals surface area contributed by atoms with Gasteiger partial charge in [0, 0.05) is 33.3 Å². The van der Waals surface area contributed by atoms with Crippen LogP contribution in [-0.4, -0.2) is 70.9 Å².